The highest BCUT2D eigenvalue weighted by Crippen LogP contribution is 2.26. The van der Waals surface area contributed by atoms with E-state index in [4.69, 9.17) is 9.47 Å². The van der Waals surface area contributed by atoms with E-state index in [-0.39, 0.29) is 6.61 Å². The van der Waals surface area contributed by atoms with Crippen molar-refractivity contribution in [2.45, 2.75) is 31.6 Å². The van der Waals surface area contributed by atoms with Gasteiger partial charge in [0, 0.05) is 6.92 Å². The molecule has 1 N–H and O–H groups in total. The Bertz CT molecular complexity index is 505. The van der Waals surface area contributed by atoms with Gasteiger partial charge in [-0.1, -0.05) is 18.2 Å². The second-order valence-corrected chi connectivity index (χ2v) is 4.55. The molecular weight excluding hydrogens is 283 g/mol. The van der Waals surface area contributed by atoms with Gasteiger partial charge < -0.3 is 19.3 Å². The van der Waals surface area contributed by atoms with Crippen LogP contribution < -0.4 is 0 Å². The molecule has 21 heavy (non-hydrogen) atoms. The fourth-order valence-corrected chi connectivity index (χ4v) is 1.96. The van der Waals surface area contributed by atoms with Gasteiger partial charge in [-0.15, -0.1) is 0 Å². The monoisotopic (exact) mass is 298 g/mol. The SMILES string of the molecule is CC(=O)O[C@H]1C(O)O[C@H](COC(=O)c2ccccc2)[C@@H]1F. The molecule has 0 amide bonds. The quantitative estimate of drug-likeness (QED) is 0.829. The zero-order valence-corrected chi connectivity index (χ0v) is 11.3. The summed E-state index contributed by atoms with van der Waals surface area (Å²) in [5.41, 5.74) is 0.322. The zero-order chi connectivity index (χ0) is 15.4. The number of rotatable bonds is 4. The highest BCUT2D eigenvalue weighted by Gasteiger charge is 2.47. The summed E-state index contributed by atoms with van der Waals surface area (Å²) >= 11 is 0. The van der Waals surface area contributed by atoms with Crippen LogP contribution in [-0.2, 0) is 19.0 Å². The molecule has 0 bridgehead atoms. The first-order chi connectivity index (χ1) is 9.99. The lowest BCUT2D eigenvalue weighted by molar-refractivity contribution is -0.169. The van der Waals surface area contributed by atoms with Crippen molar-refractivity contribution in [1.82, 2.24) is 0 Å². The molecule has 6 nitrogen and oxygen atoms in total. The summed E-state index contributed by atoms with van der Waals surface area (Å²) < 4.78 is 28.4. The molecule has 0 saturated carbocycles. The highest BCUT2D eigenvalue weighted by molar-refractivity contribution is 5.89. The summed E-state index contributed by atoms with van der Waals surface area (Å²) in [5, 5.41) is 9.48. The summed E-state index contributed by atoms with van der Waals surface area (Å²) in [7, 11) is 0. The van der Waals surface area contributed by atoms with Crippen molar-refractivity contribution < 1.29 is 33.3 Å². The lowest BCUT2D eigenvalue weighted by Crippen LogP contribution is -2.35. The molecule has 1 aromatic rings. The number of esters is 2. The van der Waals surface area contributed by atoms with Crippen molar-refractivity contribution in [3.05, 3.63) is 35.9 Å². The van der Waals surface area contributed by atoms with Crippen LogP contribution in [0.5, 0.6) is 0 Å². The first-order valence-electron chi connectivity index (χ1n) is 6.36. The number of carbonyl (C=O) groups excluding carboxylic acids is 2. The second-order valence-electron chi connectivity index (χ2n) is 4.55. The number of hydrogen-bond acceptors (Lipinski definition) is 6. The van der Waals surface area contributed by atoms with E-state index >= 15 is 0 Å². The van der Waals surface area contributed by atoms with Crippen LogP contribution in [0.2, 0.25) is 0 Å². The summed E-state index contributed by atoms with van der Waals surface area (Å²) in [6, 6.07) is 8.19. The van der Waals surface area contributed by atoms with Crippen molar-refractivity contribution in [3.63, 3.8) is 0 Å². The van der Waals surface area contributed by atoms with E-state index in [1.54, 1.807) is 30.3 Å². The largest absolute Gasteiger partial charge is 0.459 e. The Morgan fingerprint density at radius 3 is 2.62 bits per heavy atom. The molecule has 1 aliphatic rings. The topological polar surface area (TPSA) is 82.1 Å². The number of benzene rings is 1. The van der Waals surface area contributed by atoms with Crippen LogP contribution in [0.3, 0.4) is 0 Å². The lowest BCUT2D eigenvalue weighted by Gasteiger charge is -2.15. The van der Waals surface area contributed by atoms with Crippen LogP contribution in [0.15, 0.2) is 30.3 Å². The molecule has 0 aromatic heterocycles. The molecule has 1 aliphatic heterocycles. The number of carbonyl (C=O) groups is 2. The minimum Gasteiger partial charge on any atom is -0.459 e. The van der Waals surface area contributed by atoms with Gasteiger partial charge in [0.2, 0.25) is 0 Å². The van der Waals surface area contributed by atoms with E-state index in [0.717, 1.165) is 6.92 Å². The Kier molecular flexibility index (Phi) is 4.87. The predicted octanol–water partition coefficient (Wildman–Crippen LogP) is 0.830. The van der Waals surface area contributed by atoms with Gasteiger partial charge in [-0.2, -0.15) is 0 Å². The van der Waals surface area contributed by atoms with Gasteiger partial charge in [0.25, 0.3) is 0 Å². The summed E-state index contributed by atoms with van der Waals surface area (Å²) in [6.07, 6.45) is -5.95. The predicted molar refractivity (Wildman–Crippen MR) is 68.1 cm³/mol. The van der Waals surface area contributed by atoms with Gasteiger partial charge in [0.1, 0.15) is 12.7 Å². The zero-order valence-electron chi connectivity index (χ0n) is 11.3. The number of aliphatic hydroxyl groups excluding tert-OH is 1. The number of aliphatic hydroxyl groups is 1. The molecule has 1 heterocycles. The molecule has 7 heteroatoms. The third kappa shape index (κ3) is 3.77. The average molecular weight is 298 g/mol. The minimum atomic E-state index is -1.77. The van der Waals surface area contributed by atoms with Crippen LogP contribution >= 0.6 is 0 Å². The normalized spacial score (nSPS) is 28.1. The van der Waals surface area contributed by atoms with Crippen molar-refractivity contribution in [2.24, 2.45) is 0 Å². The molecule has 114 valence electrons. The first kappa shape index (κ1) is 15.4. The van der Waals surface area contributed by atoms with Gasteiger partial charge in [-0.3, -0.25) is 4.79 Å². The van der Waals surface area contributed by atoms with Crippen LogP contribution in [0.25, 0.3) is 0 Å². The van der Waals surface area contributed by atoms with Gasteiger partial charge in [-0.05, 0) is 12.1 Å². The maximum absolute atomic E-state index is 14.0. The van der Waals surface area contributed by atoms with E-state index in [9.17, 15) is 19.1 Å². The smallest absolute Gasteiger partial charge is 0.338 e. The van der Waals surface area contributed by atoms with Crippen LogP contribution in [0.4, 0.5) is 4.39 Å². The standard InChI is InChI=1S/C14H15FO6/c1-8(16)20-12-11(15)10(21-14(12)18)7-19-13(17)9-5-3-2-4-6-9/h2-6,10-12,14,18H,7H2,1H3/t10-,11+,12-,14?/m1/s1. The fraction of sp³-hybridized carbons (Fsp3) is 0.429. The van der Waals surface area contributed by atoms with E-state index in [1.165, 1.54) is 0 Å². The highest BCUT2D eigenvalue weighted by atomic mass is 19.1. The third-order valence-electron chi connectivity index (χ3n) is 2.95. The Hall–Kier alpha value is -1.99. The molecule has 1 fully saturated rings. The Morgan fingerprint density at radius 1 is 1.33 bits per heavy atom. The van der Waals surface area contributed by atoms with Gasteiger partial charge in [0.15, 0.2) is 18.6 Å². The van der Waals surface area contributed by atoms with E-state index in [2.05, 4.69) is 4.74 Å². The van der Waals surface area contributed by atoms with Crippen LogP contribution in [-0.4, -0.2) is 48.3 Å². The molecule has 4 atom stereocenters. The Labute approximate surface area is 120 Å². The minimum absolute atomic E-state index is 0.322. The third-order valence-corrected chi connectivity index (χ3v) is 2.95. The van der Waals surface area contributed by atoms with Crippen molar-refractivity contribution >= 4 is 11.9 Å². The van der Waals surface area contributed by atoms with Crippen molar-refractivity contribution in [2.75, 3.05) is 6.61 Å². The van der Waals surface area contributed by atoms with E-state index in [0.29, 0.717) is 5.56 Å². The molecule has 0 spiro atoms. The second kappa shape index (κ2) is 6.64. The van der Waals surface area contributed by atoms with Crippen LogP contribution in [0, 0.1) is 0 Å². The summed E-state index contributed by atoms with van der Waals surface area (Å²) in [4.78, 5) is 22.5. The summed E-state index contributed by atoms with van der Waals surface area (Å²) in [6.45, 7) is 0.714. The molecule has 1 saturated heterocycles. The van der Waals surface area contributed by atoms with E-state index < -0.39 is 36.6 Å². The fourth-order valence-electron chi connectivity index (χ4n) is 1.96. The molecular formula is C14H15FO6. The number of alkyl halides is 1. The number of hydrogen-bond donors (Lipinski definition) is 1. The maximum atomic E-state index is 14.0. The Morgan fingerprint density at radius 2 is 2.00 bits per heavy atom. The van der Waals surface area contributed by atoms with Crippen LogP contribution in [0.1, 0.15) is 17.3 Å². The summed E-state index contributed by atoms with van der Waals surface area (Å²) in [5.74, 6) is -1.36. The van der Waals surface area contributed by atoms with Crippen molar-refractivity contribution in [3.8, 4) is 0 Å². The first-order valence-corrected chi connectivity index (χ1v) is 6.36. The molecule has 1 aromatic carbocycles. The number of halogens is 1. The molecule has 2 rings (SSSR count). The van der Waals surface area contributed by atoms with Gasteiger partial charge >= 0.3 is 11.9 Å². The average Bonchev–Trinajstić information content (AvgIpc) is 2.73. The number of ether oxygens (including phenoxy) is 3. The maximum Gasteiger partial charge on any atom is 0.338 e. The molecule has 0 aliphatic carbocycles. The van der Waals surface area contributed by atoms with E-state index in [1.807, 2.05) is 0 Å². The van der Waals surface area contributed by atoms with Gasteiger partial charge in [0.05, 0.1) is 5.56 Å². The van der Waals surface area contributed by atoms with Crippen molar-refractivity contribution in [1.29, 1.82) is 0 Å². The molecule has 0 radical (unpaired) electrons. The van der Waals surface area contributed by atoms with Gasteiger partial charge in [-0.25, -0.2) is 9.18 Å². The molecule has 1 unspecified atom stereocenters. The lowest BCUT2D eigenvalue weighted by atomic mass is 10.1. The Balaban J connectivity index is 1.89.